The van der Waals surface area contributed by atoms with Crippen LogP contribution in [0.25, 0.3) is 0 Å². The van der Waals surface area contributed by atoms with Crippen LogP contribution in [0.5, 0.6) is 11.5 Å². The molecule has 0 unspecified atom stereocenters. The number of rotatable bonds is 38. The number of nitrogens with one attached hydrogen (secondary N) is 5. The van der Waals surface area contributed by atoms with Gasteiger partial charge >= 0.3 is 11.9 Å². The van der Waals surface area contributed by atoms with Crippen molar-refractivity contribution in [2.24, 2.45) is 0 Å². The van der Waals surface area contributed by atoms with Crippen molar-refractivity contribution >= 4 is 59.2 Å². The minimum atomic E-state index is -1.10. The van der Waals surface area contributed by atoms with E-state index in [2.05, 4.69) is 26.6 Å². The van der Waals surface area contributed by atoms with Crippen LogP contribution in [0.2, 0.25) is 0 Å². The third-order valence-corrected chi connectivity index (χ3v) is 11.1. The van der Waals surface area contributed by atoms with Crippen molar-refractivity contribution in [2.45, 2.75) is 136 Å². The fourth-order valence-corrected chi connectivity index (χ4v) is 6.96. The molecule has 78 heavy (non-hydrogen) atoms. The summed E-state index contributed by atoms with van der Waals surface area (Å²) in [5.41, 5.74) is -0.0446. The van der Waals surface area contributed by atoms with Gasteiger partial charge in [0.25, 0.3) is 11.8 Å². The van der Waals surface area contributed by atoms with E-state index in [4.69, 9.17) is 18.9 Å². The molecule has 0 heterocycles. The fourth-order valence-electron chi connectivity index (χ4n) is 6.96. The van der Waals surface area contributed by atoms with Gasteiger partial charge in [0.2, 0.25) is 35.4 Å². The molecule has 25 heteroatoms. The molecule has 1 atom stereocenters. The molecule has 0 spiro atoms. The van der Waals surface area contributed by atoms with Crippen LogP contribution in [0.4, 0.5) is 0 Å². The Morgan fingerprint density at radius 2 is 1.09 bits per heavy atom. The van der Waals surface area contributed by atoms with Crippen molar-refractivity contribution in [1.29, 1.82) is 0 Å². The Bertz CT molecular complexity index is 2240. The normalized spacial score (nSPS) is 11.2. The van der Waals surface area contributed by atoms with Gasteiger partial charge in [0.1, 0.15) is 23.1 Å². The Morgan fingerprint density at radius 3 is 1.60 bits per heavy atom. The monoisotopic (exact) mass is 1100 g/mol. The van der Waals surface area contributed by atoms with Gasteiger partial charge in [-0.05, 0) is 121 Å². The van der Waals surface area contributed by atoms with Crippen LogP contribution < -0.4 is 36.1 Å². The van der Waals surface area contributed by atoms with Gasteiger partial charge in [-0.1, -0.05) is 18.2 Å². The first kappa shape index (κ1) is 66.7. The van der Waals surface area contributed by atoms with Crippen LogP contribution in [0.15, 0.2) is 48.5 Å². The molecule has 0 aliphatic carbocycles. The van der Waals surface area contributed by atoms with Gasteiger partial charge in [-0.2, -0.15) is 0 Å². The average Bonchev–Trinajstić information content (AvgIpc) is 3.40. The van der Waals surface area contributed by atoms with Gasteiger partial charge in [0.15, 0.2) is 13.2 Å². The summed E-state index contributed by atoms with van der Waals surface area (Å²) < 4.78 is 21.4. The molecule has 0 radical (unpaired) electrons. The maximum Gasteiger partial charge on any atom is 0.344 e. The van der Waals surface area contributed by atoms with E-state index in [9.17, 15) is 63.6 Å². The second-order valence-corrected chi connectivity index (χ2v) is 19.0. The third kappa shape index (κ3) is 31.0. The molecular formula is C53H80N8O17. The lowest BCUT2D eigenvalue weighted by molar-refractivity contribution is -0.166. The Morgan fingerprint density at radius 1 is 0.577 bits per heavy atom. The summed E-state index contributed by atoms with van der Waals surface area (Å²) in [7, 11) is 0. The maximum atomic E-state index is 13.1. The van der Waals surface area contributed by atoms with E-state index in [-0.39, 0.29) is 94.7 Å². The molecule has 0 bridgehead atoms. The van der Waals surface area contributed by atoms with Crippen molar-refractivity contribution in [2.75, 3.05) is 65.6 Å². The van der Waals surface area contributed by atoms with Crippen LogP contribution in [-0.2, 0) is 59.0 Å². The molecule has 8 amide bonds. The molecule has 0 aliphatic rings. The zero-order valence-electron chi connectivity index (χ0n) is 45.6. The number of hydrogen-bond acceptors (Lipinski definition) is 17. The highest BCUT2D eigenvalue weighted by Crippen LogP contribution is 2.17. The van der Waals surface area contributed by atoms with E-state index in [1.165, 1.54) is 19.1 Å². The van der Waals surface area contributed by atoms with Crippen molar-refractivity contribution in [3.05, 3.63) is 59.7 Å². The maximum absolute atomic E-state index is 13.1. The third-order valence-electron chi connectivity index (χ3n) is 11.1. The van der Waals surface area contributed by atoms with Gasteiger partial charge in [-0.3, -0.25) is 54.0 Å². The largest absolute Gasteiger partial charge is 0.484 e. The topological polar surface area (TPSA) is 338 Å². The van der Waals surface area contributed by atoms with Crippen molar-refractivity contribution in [3.63, 3.8) is 0 Å². The Balaban J connectivity index is 1.58. The fraction of sp³-hybridized carbons (Fsp3) is 0.585. The van der Waals surface area contributed by atoms with E-state index in [1.54, 1.807) is 64.1 Å². The summed E-state index contributed by atoms with van der Waals surface area (Å²) in [4.78, 5) is 123. The second-order valence-electron chi connectivity index (χ2n) is 19.0. The van der Waals surface area contributed by atoms with Crippen LogP contribution in [0, 0.1) is 0 Å². The molecule has 2 aromatic carbocycles. The van der Waals surface area contributed by atoms with Crippen molar-refractivity contribution < 1.29 is 82.5 Å². The smallest absolute Gasteiger partial charge is 0.344 e. The zero-order valence-corrected chi connectivity index (χ0v) is 45.6. The van der Waals surface area contributed by atoms with Crippen LogP contribution in [0.1, 0.15) is 134 Å². The number of amides is 8. The number of hydrogen-bond donors (Lipinski definition) is 8. The number of ether oxygens (including phenoxy) is 4. The summed E-state index contributed by atoms with van der Waals surface area (Å²) in [5, 5.41) is 44.5. The molecule has 0 saturated carbocycles. The number of benzene rings is 2. The lowest BCUT2D eigenvalue weighted by atomic mass is 10.1. The summed E-state index contributed by atoms with van der Waals surface area (Å²) in [6.07, 6.45) is 4.49. The molecule has 0 fully saturated rings. The molecule has 8 N–H and O–H groups in total. The lowest BCUT2D eigenvalue weighted by Crippen LogP contribution is -2.48. The summed E-state index contributed by atoms with van der Waals surface area (Å²) >= 11 is 0. The number of unbranched alkanes of at least 4 members (excludes halogenated alkanes) is 6. The Hall–Kier alpha value is -7.38. The van der Waals surface area contributed by atoms with Gasteiger partial charge in [-0.25, -0.2) is 24.8 Å². The molecule has 434 valence electrons. The molecule has 2 aromatic rings. The van der Waals surface area contributed by atoms with Gasteiger partial charge in [0, 0.05) is 83.9 Å². The molecule has 0 aliphatic heterocycles. The number of carbonyl (C=O) groups is 10. The predicted molar refractivity (Wildman–Crippen MR) is 280 cm³/mol. The first-order valence-electron chi connectivity index (χ1n) is 26.2. The summed E-state index contributed by atoms with van der Waals surface area (Å²) in [5.74, 6) is -4.63. The molecule has 0 saturated heterocycles. The highest BCUT2D eigenvalue weighted by molar-refractivity contribution is 5.97. The lowest BCUT2D eigenvalue weighted by Gasteiger charge is -2.25. The van der Waals surface area contributed by atoms with E-state index in [0.29, 0.717) is 104 Å². The number of hydroxylamine groups is 6. The minimum absolute atomic E-state index is 0.0289. The standard InChI is InChI=1S/C53H80N8O17/c1-6-75-50(69)37-77-41-21-19-39(20-22-41)33-43(52(71)78-53(3,4)5)58-46(65)35-57-51(70)40-17-16-18-42(34-40)76-36-47(66)56-29-12-9-15-32-61(74)49(68)26-24-45(64)55-28-11-8-14-31-60(73)48(67)25-23-44(63)54-27-10-7-13-30-59(72)38(2)62/h16-22,34,43,72-74H,6-15,23-33,35-37H2,1-5H3,(H,54,63)(H,55,64)(H,56,66)(H,57,70)(H,58,65)/t43-/m0/s1. The first-order valence-corrected chi connectivity index (χ1v) is 26.2. The van der Waals surface area contributed by atoms with E-state index >= 15 is 0 Å². The zero-order chi connectivity index (χ0) is 57.9. The number of esters is 2. The highest BCUT2D eigenvalue weighted by Gasteiger charge is 2.27. The van der Waals surface area contributed by atoms with Gasteiger partial charge in [0.05, 0.1) is 13.2 Å². The van der Waals surface area contributed by atoms with E-state index < -0.39 is 65.6 Å². The van der Waals surface area contributed by atoms with Crippen LogP contribution >= 0.6 is 0 Å². The molecule has 2 rings (SSSR count). The Kier molecular flexibility index (Phi) is 32.0. The summed E-state index contributed by atoms with van der Waals surface area (Å²) in [6.45, 7) is 8.43. The van der Waals surface area contributed by atoms with E-state index in [1.807, 2.05) is 0 Å². The predicted octanol–water partition coefficient (Wildman–Crippen LogP) is 2.90. The second kappa shape index (κ2) is 37.4. The summed E-state index contributed by atoms with van der Waals surface area (Å²) in [6, 6.07) is 11.5. The van der Waals surface area contributed by atoms with Crippen LogP contribution in [-0.4, -0.2) is 167 Å². The van der Waals surface area contributed by atoms with Crippen molar-refractivity contribution in [1.82, 2.24) is 41.8 Å². The molecule has 0 aromatic heterocycles. The SMILES string of the molecule is CCOC(=O)COc1ccc(C[C@H](NC(=O)CNC(=O)c2cccc(OCC(=O)NCCCCCN(O)C(=O)CCC(=O)NCCCCCN(O)C(=O)CCC(=O)NCCCCCN(O)C(C)=O)c2)C(=O)OC(C)(C)C)cc1. The Labute approximate surface area is 455 Å². The van der Waals surface area contributed by atoms with Gasteiger partial charge < -0.3 is 45.5 Å². The highest BCUT2D eigenvalue weighted by atomic mass is 16.6. The average molecular weight is 1100 g/mol. The minimum Gasteiger partial charge on any atom is -0.484 e. The quantitative estimate of drug-likeness (QED) is 0.0207. The number of carbonyl (C=O) groups excluding carboxylic acids is 10. The first-order chi connectivity index (χ1) is 37.1. The van der Waals surface area contributed by atoms with E-state index in [0.717, 1.165) is 0 Å². The molecule has 25 nitrogen and oxygen atoms in total. The molecular weight excluding hydrogens is 1020 g/mol. The van der Waals surface area contributed by atoms with Crippen LogP contribution in [0.3, 0.4) is 0 Å². The van der Waals surface area contributed by atoms with Gasteiger partial charge in [-0.15, -0.1) is 0 Å². The van der Waals surface area contributed by atoms with Crippen molar-refractivity contribution in [3.8, 4) is 11.5 Å². The number of nitrogens with zero attached hydrogens (tertiary/aromatic N) is 3.